The SMILES string of the molecule is O=C(O)CCC(=O)OP(=O)(O)OP(=O)(O)O. The van der Waals surface area contributed by atoms with E-state index in [2.05, 4.69) is 8.83 Å². The van der Waals surface area contributed by atoms with Gasteiger partial charge in [0.15, 0.2) is 0 Å². The van der Waals surface area contributed by atoms with Gasteiger partial charge in [-0.1, -0.05) is 0 Å². The fraction of sp³-hybridized carbons (Fsp3) is 0.500. The zero-order valence-electron chi connectivity index (χ0n) is 7.55. The Labute approximate surface area is 88.7 Å². The summed E-state index contributed by atoms with van der Waals surface area (Å²) in [6.45, 7) is 0. The minimum atomic E-state index is -5.29. The van der Waals surface area contributed by atoms with E-state index in [1.54, 1.807) is 0 Å². The first-order valence-electron chi connectivity index (χ1n) is 3.56. The third-order valence-corrected chi connectivity index (χ3v) is 3.08. The molecule has 1 atom stereocenters. The molecule has 16 heavy (non-hydrogen) atoms. The second-order valence-corrected chi connectivity index (χ2v) is 5.15. The van der Waals surface area contributed by atoms with Crippen molar-refractivity contribution < 1.29 is 47.3 Å². The molecular weight excluding hydrogens is 270 g/mol. The van der Waals surface area contributed by atoms with Crippen molar-refractivity contribution in [1.29, 1.82) is 0 Å². The molecule has 1 unspecified atom stereocenters. The monoisotopic (exact) mass is 278 g/mol. The summed E-state index contributed by atoms with van der Waals surface area (Å²) in [6, 6.07) is 0. The van der Waals surface area contributed by atoms with Crippen molar-refractivity contribution in [1.82, 2.24) is 0 Å². The fourth-order valence-corrected chi connectivity index (χ4v) is 2.09. The van der Waals surface area contributed by atoms with Crippen LogP contribution in [0.5, 0.6) is 0 Å². The smallest absolute Gasteiger partial charge is 0.481 e. The van der Waals surface area contributed by atoms with Gasteiger partial charge in [0.2, 0.25) is 0 Å². The van der Waals surface area contributed by atoms with E-state index in [1.807, 2.05) is 0 Å². The fourth-order valence-electron chi connectivity index (χ4n) is 0.534. The Balaban J connectivity index is 4.27. The zero-order chi connectivity index (χ0) is 13.0. The van der Waals surface area contributed by atoms with Crippen LogP contribution in [0.4, 0.5) is 0 Å². The Morgan fingerprint density at radius 1 is 1.06 bits per heavy atom. The van der Waals surface area contributed by atoms with Gasteiger partial charge < -0.3 is 19.4 Å². The second kappa shape index (κ2) is 5.53. The highest BCUT2D eigenvalue weighted by molar-refractivity contribution is 7.61. The van der Waals surface area contributed by atoms with Crippen LogP contribution in [0.25, 0.3) is 0 Å². The quantitative estimate of drug-likeness (QED) is 0.469. The molecule has 0 heterocycles. The van der Waals surface area contributed by atoms with Crippen LogP contribution in [0.1, 0.15) is 12.8 Å². The van der Waals surface area contributed by atoms with Crippen LogP contribution >= 0.6 is 15.6 Å². The molecule has 0 aliphatic heterocycles. The average molecular weight is 278 g/mol. The molecule has 0 aromatic heterocycles. The zero-order valence-corrected chi connectivity index (χ0v) is 9.34. The van der Waals surface area contributed by atoms with E-state index in [1.165, 1.54) is 0 Å². The van der Waals surface area contributed by atoms with Crippen LogP contribution in [-0.2, 0) is 27.6 Å². The van der Waals surface area contributed by atoms with Crippen molar-refractivity contribution in [2.45, 2.75) is 12.8 Å². The van der Waals surface area contributed by atoms with E-state index in [0.29, 0.717) is 0 Å². The number of hydrogen-bond donors (Lipinski definition) is 4. The molecule has 0 fully saturated rings. The summed E-state index contributed by atoms with van der Waals surface area (Å²) < 4.78 is 27.8. The standard InChI is InChI=1S/C4H8O10P2/c5-3(6)1-2-4(7)13-16(11,12)14-15(8,9)10/h1-2H2,(H,5,6)(H,11,12)(H2,8,9,10). The summed E-state index contributed by atoms with van der Waals surface area (Å²) >= 11 is 0. The Bertz CT molecular complexity index is 367. The second-order valence-electron chi connectivity index (χ2n) is 2.40. The molecule has 0 aromatic carbocycles. The molecule has 0 rings (SSSR count). The van der Waals surface area contributed by atoms with Crippen LogP contribution in [-0.4, -0.2) is 31.7 Å². The van der Waals surface area contributed by atoms with Gasteiger partial charge in [-0.3, -0.25) is 14.5 Å². The van der Waals surface area contributed by atoms with Crippen LogP contribution in [0, 0.1) is 0 Å². The van der Waals surface area contributed by atoms with Gasteiger partial charge in [0.25, 0.3) is 0 Å². The van der Waals surface area contributed by atoms with E-state index < -0.39 is 40.4 Å². The largest absolute Gasteiger partial charge is 0.538 e. The number of hydrogen-bond acceptors (Lipinski definition) is 6. The molecule has 0 saturated carbocycles. The summed E-state index contributed by atoms with van der Waals surface area (Å²) in [5, 5.41) is 8.15. The Hall–Kier alpha value is -0.760. The molecule has 10 nitrogen and oxygen atoms in total. The maximum absolute atomic E-state index is 10.7. The average Bonchev–Trinajstić information content (AvgIpc) is 1.94. The summed E-state index contributed by atoms with van der Waals surface area (Å²) in [5.74, 6) is -2.78. The van der Waals surface area contributed by atoms with Crippen molar-refractivity contribution >= 4 is 27.6 Å². The predicted octanol–water partition coefficient (Wildman–Crippen LogP) is -0.396. The number of aliphatic carboxylic acids is 1. The van der Waals surface area contributed by atoms with Gasteiger partial charge in [-0.05, 0) is 0 Å². The van der Waals surface area contributed by atoms with Gasteiger partial charge in [-0.15, -0.1) is 0 Å². The minimum absolute atomic E-state index is 0.658. The molecule has 0 aliphatic rings. The number of carbonyl (C=O) groups excluding carboxylic acids is 1. The molecule has 0 aliphatic carbocycles. The van der Waals surface area contributed by atoms with Crippen molar-refractivity contribution in [2.75, 3.05) is 0 Å². The summed E-state index contributed by atoms with van der Waals surface area (Å²) in [6.07, 6.45) is -1.39. The minimum Gasteiger partial charge on any atom is -0.481 e. The van der Waals surface area contributed by atoms with Crippen molar-refractivity contribution in [2.24, 2.45) is 0 Å². The normalized spacial score (nSPS) is 15.2. The predicted molar refractivity (Wildman–Crippen MR) is 45.9 cm³/mol. The van der Waals surface area contributed by atoms with Gasteiger partial charge in [0, 0.05) is 0 Å². The lowest BCUT2D eigenvalue weighted by atomic mass is 10.3. The van der Waals surface area contributed by atoms with E-state index in [9.17, 15) is 18.7 Å². The van der Waals surface area contributed by atoms with Crippen molar-refractivity contribution in [3.05, 3.63) is 0 Å². The van der Waals surface area contributed by atoms with Gasteiger partial charge in [-0.2, -0.15) is 4.31 Å². The van der Waals surface area contributed by atoms with E-state index in [0.717, 1.165) is 0 Å². The molecule has 4 N–H and O–H groups in total. The first-order valence-corrected chi connectivity index (χ1v) is 6.58. The third-order valence-electron chi connectivity index (χ3n) is 0.970. The molecule has 0 saturated heterocycles. The molecule has 12 heteroatoms. The van der Waals surface area contributed by atoms with Crippen LogP contribution in [0.15, 0.2) is 0 Å². The molecule has 0 bridgehead atoms. The van der Waals surface area contributed by atoms with Crippen LogP contribution < -0.4 is 0 Å². The van der Waals surface area contributed by atoms with E-state index >= 15 is 0 Å². The first-order chi connectivity index (χ1) is 7.02. The highest BCUT2D eigenvalue weighted by Crippen LogP contribution is 2.57. The summed E-state index contributed by atoms with van der Waals surface area (Å²) in [5.41, 5.74) is 0. The number of phosphoric ester groups is 1. The van der Waals surface area contributed by atoms with Gasteiger partial charge >= 0.3 is 27.6 Å². The van der Waals surface area contributed by atoms with E-state index in [4.69, 9.17) is 19.8 Å². The number of carboxylic acids is 1. The molecule has 0 radical (unpaired) electrons. The van der Waals surface area contributed by atoms with E-state index in [-0.39, 0.29) is 0 Å². The van der Waals surface area contributed by atoms with Gasteiger partial charge in [0.05, 0.1) is 12.8 Å². The molecule has 0 aromatic rings. The number of carboxylic acid groups (broad SMARTS) is 1. The molecule has 0 spiro atoms. The Morgan fingerprint density at radius 2 is 1.56 bits per heavy atom. The Morgan fingerprint density at radius 3 is 1.94 bits per heavy atom. The lowest BCUT2D eigenvalue weighted by Gasteiger charge is -2.11. The lowest BCUT2D eigenvalue weighted by Crippen LogP contribution is -2.06. The number of rotatable bonds is 6. The number of carbonyl (C=O) groups is 2. The first kappa shape index (κ1) is 15.2. The Kier molecular flexibility index (Phi) is 5.27. The van der Waals surface area contributed by atoms with Crippen molar-refractivity contribution in [3.8, 4) is 0 Å². The molecule has 0 amide bonds. The number of phosphoric acid groups is 2. The maximum Gasteiger partial charge on any atom is 0.538 e. The molecule has 94 valence electrons. The summed E-state index contributed by atoms with van der Waals surface area (Å²) in [7, 11) is -10.5. The van der Waals surface area contributed by atoms with Crippen molar-refractivity contribution in [3.63, 3.8) is 0 Å². The van der Waals surface area contributed by atoms with Gasteiger partial charge in [-0.25, -0.2) is 9.13 Å². The highest BCUT2D eigenvalue weighted by Gasteiger charge is 2.35. The van der Waals surface area contributed by atoms with Crippen LogP contribution in [0.3, 0.4) is 0 Å². The summed E-state index contributed by atoms with van der Waals surface area (Å²) in [4.78, 5) is 45.6. The maximum atomic E-state index is 10.7. The highest BCUT2D eigenvalue weighted by atomic mass is 31.3. The molecular formula is C4H8O10P2. The lowest BCUT2D eigenvalue weighted by molar-refractivity contribution is -0.142. The van der Waals surface area contributed by atoms with Crippen LogP contribution in [0.2, 0.25) is 0 Å². The van der Waals surface area contributed by atoms with Gasteiger partial charge in [0.1, 0.15) is 0 Å². The topological polar surface area (TPSA) is 168 Å². The third kappa shape index (κ3) is 8.54.